The number of carbonyl (C=O) groups is 2. The second-order valence-corrected chi connectivity index (χ2v) is 10.1. The lowest BCUT2D eigenvalue weighted by Gasteiger charge is -2.42. The van der Waals surface area contributed by atoms with Crippen molar-refractivity contribution >= 4 is 11.6 Å². The number of Topliss-reactive ketones (excluding diaryl/α,β-unsaturated/α-hetero) is 2. The first-order valence-electron chi connectivity index (χ1n) is 13.0. The molecule has 4 atom stereocenters. The minimum absolute atomic E-state index is 0.0102. The van der Waals surface area contributed by atoms with Gasteiger partial charge in [-0.1, -0.05) is 24.3 Å². The van der Waals surface area contributed by atoms with Crippen molar-refractivity contribution in [2.45, 2.75) is 12.2 Å². The van der Waals surface area contributed by atoms with Gasteiger partial charge in [-0.05, 0) is 35.4 Å². The number of phenols is 4. The summed E-state index contributed by atoms with van der Waals surface area (Å²) in [6.45, 7) is 0. The van der Waals surface area contributed by atoms with Crippen LogP contribution in [-0.4, -0.2) is 46.2 Å². The lowest BCUT2D eigenvalue weighted by Crippen LogP contribution is -2.45. The number of phenolic OH excluding ortho intramolecular Hbond substituents is 4. The first-order chi connectivity index (χ1) is 20.2. The average Bonchev–Trinajstić information content (AvgIpc) is 2.97. The van der Waals surface area contributed by atoms with E-state index in [4.69, 9.17) is 18.9 Å². The fourth-order valence-corrected chi connectivity index (χ4v) is 5.68. The molecule has 42 heavy (non-hydrogen) atoms. The SMILES string of the molecule is COc1cc(O)c2c(c1)O[C@H](c1ccc(O)cc1)[C@@H]([C@H]1C(=O)c3c(O)cc(OC)cc3O[C@@H]1c1ccc(O)cc1)C2=O. The van der Waals surface area contributed by atoms with Crippen molar-refractivity contribution in [2.75, 3.05) is 14.2 Å². The van der Waals surface area contributed by atoms with Crippen molar-refractivity contribution < 1.29 is 49.0 Å². The van der Waals surface area contributed by atoms with E-state index >= 15 is 0 Å². The fraction of sp³-hybridized carbons (Fsp3) is 0.188. The number of methoxy groups -OCH3 is 2. The highest BCUT2D eigenvalue weighted by molar-refractivity contribution is 6.11. The number of ether oxygens (including phenoxy) is 4. The highest BCUT2D eigenvalue weighted by Gasteiger charge is 2.53. The van der Waals surface area contributed by atoms with Crippen molar-refractivity contribution in [3.05, 3.63) is 95.1 Å². The van der Waals surface area contributed by atoms with Gasteiger partial charge < -0.3 is 39.4 Å². The summed E-state index contributed by atoms with van der Waals surface area (Å²) < 4.78 is 23.2. The van der Waals surface area contributed by atoms with Crippen molar-refractivity contribution in [1.82, 2.24) is 0 Å². The number of benzene rings is 4. The van der Waals surface area contributed by atoms with Crippen LogP contribution in [0.3, 0.4) is 0 Å². The third-order valence-corrected chi connectivity index (χ3v) is 7.67. The van der Waals surface area contributed by atoms with E-state index in [2.05, 4.69) is 0 Å². The molecular formula is C32H26O10. The number of hydrogen-bond acceptors (Lipinski definition) is 10. The van der Waals surface area contributed by atoms with Crippen molar-refractivity contribution in [2.24, 2.45) is 11.8 Å². The lowest BCUT2D eigenvalue weighted by molar-refractivity contribution is 0.0129. The zero-order chi connectivity index (χ0) is 29.7. The van der Waals surface area contributed by atoms with Gasteiger partial charge in [-0.2, -0.15) is 0 Å². The molecule has 0 fully saturated rings. The van der Waals surface area contributed by atoms with Crippen LogP contribution in [0.5, 0.6) is 46.0 Å². The van der Waals surface area contributed by atoms with E-state index in [-0.39, 0.29) is 57.1 Å². The molecule has 6 rings (SSSR count). The Hall–Kier alpha value is -5.38. The van der Waals surface area contributed by atoms with Crippen LogP contribution in [0.1, 0.15) is 44.1 Å². The van der Waals surface area contributed by atoms with E-state index in [1.165, 1.54) is 62.8 Å². The maximum atomic E-state index is 14.4. The highest BCUT2D eigenvalue weighted by atomic mass is 16.5. The minimum atomic E-state index is -1.26. The van der Waals surface area contributed by atoms with Crippen molar-refractivity contribution in [3.63, 3.8) is 0 Å². The molecule has 4 aromatic rings. The van der Waals surface area contributed by atoms with Gasteiger partial charge in [-0.25, -0.2) is 0 Å². The van der Waals surface area contributed by atoms with Gasteiger partial charge in [0.15, 0.2) is 11.6 Å². The monoisotopic (exact) mass is 570 g/mol. The quantitative estimate of drug-likeness (QED) is 0.255. The number of rotatable bonds is 5. The Morgan fingerprint density at radius 2 is 0.929 bits per heavy atom. The third-order valence-electron chi connectivity index (χ3n) is 7.67. The van der Waals surface area contributed by atoms with Crippen LogP contribution in [0.2, 0.25) is 0 Å². The standard InChI is InChI=1S/C32H26O10/c1-39-19-11-21(35)25-23(13-19)41-31(15-3-7-17(33)8-4-15)27(29(25)37)28-30(38)26-22(36)12-20(40-2)14-24(26)42-32(28)16-5-9-18(34)10-6-16/h3-14,27-28,31-36H,1-2H3/t27-,28-,31+,32+/m0/s1. The average molecular weight is 571 g/mol. The Balaban J connectivity index is 1.58. The second-order valence-electron chi connectivity index (χ2n) is 10.1. The molecule has 0 radical (unpaired) electrons. The zero-order valence-corrected chi connectivity index (χ0v) is 22.5. The largest absolute Gasteiger partial charge is 0.508 e. The second kappa shape index (κ2) is 10.2. The normalized spacial score (nSPS) is 21.0. The van der Waals surface area contributed by atoms with E-state index in [1.54, 1.807) is 24.3 Å². The summed E-state index contributed by atoms with van der Waals surface area (Å²) >= 11 is 0. The molecule has 2 aliphatic heterocycles. The molecule has 214 valence electrons. The summed E-state index contributed by atoms with van der Waals surface area (Å²) in [5.41, 5.74) is 0.692. The molecule has 2 aliphatic rings. The summed E-state index contributed by atoms with van der Waals surface area (Å²) in [6.07, 6.45) is -2.15. The summed E-state index contributed by atoms with van der Waals surface area (Å²) in [5, 5.41) is 41.6. The Bertz CT molecular complexity index is 1570. The molecular weight excluding hydrogens is 544 g/mol. The summed E-state index contributed by atoms with van der Waals surface area (Å²) in [7, 11) is 2.82. The van der Waals surface area contributed by atoms with Gasteiger partial charge in [-0.15, -0.1) is 0 Å². The summed E-state index contributed by atoms with van der Waals surface area (Å²) in [5.74, 6) is -3.86. The smallest absolute Gasteiger partial charge is 0.178 e. The molecule has 0 bridgehead atoms. The van der Waals surface area contributed by atoms with Gasteiger partial charge in [0.1, 0.15) is 69.3 Å². The molecule has 0 saturated heterocycles. The maximum absolute atomic E-state index is 14.4. The predicted octanol–water partition coefficient (Wildman–Crippen LogP) is 5.09. The van der Waals surface area contributed by atoms with Crippen LogP contribution >= 0.6 is 0 Å². The molecule has 0 aliphatic carbocycles. The van der Waals surface area contributed by atoms with Crippen molar-refractivity contribution in [1.29, 1.82) is 0 Å². The number of hydrogen-bond donors (Lipinski definition) is 4. The molecule has 2 heterocycles. The topological polar surface area (TPSA) is 152 Å². The minimum Gasteiger partial charge on any atom is -0.508 e. The summed E-state index contributed by atoms with van der Waals surface area (Å²) in [4.78, 5) is 28.8. The van der Waals surface area contributed by atoms with E-state index in [0.29, 0.717) is 11.1 Å². The molecule has 0 unspecified atom stereocenters. The Morgan fingerprint density at radius 3 is 1.26 bits per heavy atom. The Morgan fingerprint density at radius 1 is 0.571 bits per heavy atom. The van der Waals surface area contributed by atoms with Crippen LogP contribution in [-0.2, 0) is 0 Å². The van der Waals surface area contributed by atoms with Crippen molar-refractivity contribution in [3.8, 4) is 46.0 Å². The fourth-order valence-electron chi connectivity index (χ4n) is 5.68. The zero-order valence-electron chi connectivity index (χ0n) is 22.5. The first kappa shape index (κ1) is 26.8. The van der Waals surface area contributed by atoms with Gasteiger partial charge >= 0.3 is 0 Å². The van der Waals surface area contributed by atoms with Gasteiger partial charge in [0.2, 0.25) is 0 Å². The highest BCUT2D eigenvalue weighted by Crippen LogP contribution is 2.53. The number of aromatic hydroxyl groups is 4. The van der Waals surface area contributed by atoms with E-state index in [0.717, 1.165) is 0 Å². The molecule has 0 spiro atoms. The van der Waals surface area contributed by atoms with E-state index in [1.807, 2.05) is 0 Å². The molecule has 0 saturated carbocycles. The number of carbonyl (C=O) groups excluding carboxylic acids is 2. The molecule has 0 amide bonds. The van der Waals surface area contributed by atoms with Gasteiger partial charge in [0.25, 0.3) is 0 Å². The molecule has 4 aromatic carbocycles. The summed E-state index contributed by atoms with van der Waals surface area (Å²) in [6, 6.07) is 17.5. The van der Waals surface area contributed by atoms with E-state index < -0.39 is 35.6 Å². The molecule has 10 nitrogen and oxygen atoms in total. The van der Waals surface area contributed by atoms with Crippen LogP contribution in [0.25, 0.3) is 0 Å². The Kier molecular flexibility index (Phi) is 6.53. The molecule has 4 N–H and O–H groups in total. The Labute approximate surface area is 239 Å². The van der Waals surface area contributed by atoms with E-state index in [9.17, 15) is 30.0 Å². The predicted molar refractivity (Wildman–Crippen MR) is 148 cm³/mol. The number of ketones is 2. The molecule has 0 aromatic heterocycles. The van der Waals surface area contributed by atoms with Crippen LogP contribution in [0.4, 0.5) is 0 Å². The number of fused-ring (bicyclic) bond motifs is 2. The third kappa shape index (κ3) is 4.37. The van der Waals surface area contributed by atoms with Gasteiger partial charge in [-0.3, -0.25) is 9.59 Å². The van der Waals surface area contributed by atoms with Gasteiger partial charge in [0, 0.05) is 24.3 Å². The van der Waals surface area contributed by atoms with Gasteiger partial charge in [0.05, 0.1) is 26.1 Å². The maximum Gasteiger partial charge on any atom is 0.178 e. The van der Waals surface area contributed by atoms with Crippen LogP contribution < -0.4 is 18.9 Å². The lowest BCUT2D eigenvalue weighted by atomic mass is 9.69. The van der Waals surface area contributed by atoms with Crippen LogP contribution in [0.15, 0.2) is 72.8 Å². The first-order valence-corrected chi connectivity index (χ1v) is 13.0. The van der Waals surface area contributed by atoms with Crippen LogP contribution in [0, 0.1) is 11.8 Å². The molecule has 10 heteroatoms.